The van der Waals surface area contributed by atoms with Crippen LogP contribution in [0.2, 0.25) is 0 Å². The molecule has 0 spiro atoms. The lowest BCUT2D eigenvalue weighted by Gasteiger charge is -2.25. The summed E-state index contributed by atoms with van der Waals surface area (Å²) in [5, 5.41) is 2.34. The van der Waals surface area contributed by atoms with Crippen molar-refractivity contribution < 1.29 is 19.1 Å². The van der Waals surface area contributed by atoms with E-state index in [0.29, 0.717) is 0 Å². The highest BCUT2D eigenvalue weighted by Gasteiger charge is 2.49. The van der Waals surface area contributed by atoms with Crippen LogP contribution in [0.25, 0.3) is 0 Å². The fourth-order valence-electron chi connectivity index (χ4n) is 2.77. The molecule has 0 aliphatic carbocycles. The van der Waals surface area contributed by atoms with Crippen LogP contribution in [0.4, 0.5) is 0 Å². The SMILES string of the molecule is COC(=O)[C@@H]1CN([C@@H](C)c2ccccc2)C(=O)[C@H]1NC(=O)C(Cl)(Cl)Cl. The normalized spacial score (nSPS) is 21.8. The van der Waals surface area contributed by atoms with E-state index in [2.05, 4.69) is 5.32 Å². The number of halogens is 3. The molecule has 1 fully saturated rings. The number of hydrogen-bond acceptors (Lipinski definition) is 4. The summed E-state index contributed by atoms with van der Waals surface area (Å²) >= 11 is 16.6. The van der Waals surface area contributed by atoms with Crippen LogP contribution in [0.3, 0.4) is 0 Å². The molecule has 1 saturated heterocycles. The zero-order valence-corrected chi connectivity index (χ0v) is 15.8. The molecule has 1 aliphatic rings. The number of carbonyl (C=O) groups excluding carboxylic acids is 3. The van der Waals surface area contributed by atoms with E-state index in [1.807, 2.05) is 37.3 Å². The Morgan fingerprint density at radius 3 is 2.40 bits per heavy atom. The summed E-state index contributed by atoms with van der Waals surface area (Å²) in [7, 11) is 1.21. The molecule has 25 heavy (non-hydrogen) atoms. The Hall–Kier alpha value is -1.50. The predicted octanol–water partition coefficient (Wildman–Crippen LogP) is 2.23. The van der Waals surface area contributed by atoms with Gasteiger partial charge in [0.05, 0.1) is 13.2 Å². The number of nitrogens with zero attached hydrogens (tertiary/aromatic N) is 1. The molecule has 1 aromatic carbocycles. The number of hydrogen-bond donors (Lipinski definition) is 1. The molecule has 136 valence electrons. The smallest absolute Gasteiger partial charge is 0.313 e. The van der Waals surface area contributed by atoms with E-state index in [1.165, 1.54) is 12.0 Å². The Morgan fingerprint density at radius 1 is 1.28 bits per heavy atom. The van der Waals surface area contributed by atoms with E-state index in [9.17, 15) is 14.4 Å². The van der Waals surface area contributed by atoms with Gasteiger partial charge in [-0.15, -0.1) is 0 Å². The number of amides is 2. The summed E-state index contributed by atoms with van der Waals surface area (Å²) in [6.07, 6.45) is 0. The minimum Gasteiger partial charge on any atom is -0.469 e. The van der Waals surface area contributed by atoms with Crippen LogP contribution >= 0.6 is 34.8 Å². The van der Waals surface area contributed by atoms with E-state index >= 15 is 0 Å². The van der Waals surface area contributed by atoms with Gasteiger partial charge < -0.3 is 15.0 Å². The average Bonchev–Trinajstić information content (AvgIpc) is 2.90. The van der Waals surface area contributed by atoms with Crippen LogP contribution in [0.1, 0.15) is 18.5 Å². The van der Waals surface area contributed by atoms with E-state index in [0.717, 1.165) is 5.56 Å². The van der Waals surface area contributed by atoms with Crippen LogP contribution < -0.4 is 5.32 Å². The van der Waals surface area contributed by atoms with E-state index in [4.69, 9.17) is 39.5 Å². The van der Waals surface area contributed by atoms with Crippen molar-refractivity contribution in [2.45, 2.75) is 22.8 Å². The van der Waals surface area contributed by atoms with Crippen LogP contribution in [0.15, 0.2) is 30.3 Å². The Bertz CT molecular complexity index is 663. The summed E-state index contributed by atoms with van der Waals surface area (Å²) in [6, 6.07) is 7.87. The van der Waals surface area contributed by atoms with Crippen molar-refractivity contribution in [1.82, 2.24) is 10.2 Å². The number of ether oxygens (including phenoxy) is 1. The number of alkyl halides is 3. The zero-order chi connectivity index (χ0) is 18.8. The quantitative estimate of drug-likeness (QED) is 0.613. The van der Waals surface area contributed by atoms with Gasteiger partial charge in [0.15, 0.2) is 0 Å². The second-order valence-electron chi connectivity index (χ2n) is 5.66. The van der Waals surface area contributed by atoms with E-state index in [1.54, 1.807) is 0 Å². The Morgan fingerprint density at radius 2 is 1.88 bits per heavy atom. The van der Waals surface area contributed by atoms with Gasteiger partial charge >= 0.3 is 5.97 Å². The van der Waals surface area contributed by atoms with Gasteiger partial charge in [-0.05, 0) is 12.5 Å². The molecule has 0 radical (unpaired) electrons. The predicted molar refractivity (Wildman–Crippen MR) is 94.3 cm³/mol. The number of carbonyl (C=O) groups is 3. The lowest BCUT2D eigenvalue weighted by Crippen LogP contribution is -2.49. The fourth-order valence-corrected chi connectivity index (χ4v) is 2.93. The minimum atomic E-state index is -2.24. The Kier molecular flexibility index (Phi) is 6.19. The Balaban J connectivity index is 2.26. The standard InChI is InChI=1S/C16H17Cl3N2O4/c1-9(10-6-4-3-5-7-10)21-8-11(14(23)25-2)12(13(21)22)20-15(24)16(17,18)19/h3-7,9,11-12H,8H2,1-2H3,(H,20,24)/t9-,11+,12-/m0/s1. The van der Waals surface area contributed by atoms with Gasteiger partial charge in [-0.2, -0.15) is 0 Å². The lowest BCUT2D eigenvalue weighted by molar-refractivity contribution is -0.146. The second-order valence-corrected chi connectivity index (χ2v) is 7.94. The molecule has 1 aliphatic heterocycles. The summed E-state index contributed by atoms with van der Waals surface area (Å²) in [5.41, 5.74) is 0.896. The first-order valence-electron chi connectivity index (χ1n) is 7.47. The highest BCUT2D eigenvalue weighted by Crippen LogP contribution is 2.31. The van der Waals surface area contributed by atoms with Crippen molar-refractivity contribution in [3.63, 3.8) is 0 Å². The summed E-state index contributed by atoms with van der Waals surface area (Å²) in [5.74, 6) is -2.92. The molecule has 3 atom stereocenters. The molecule has 1 N–H and O–H groups in total. The van der Waals surface area contributed by atoms with Crippen LogP contribution in [0.5, 0.6) is 0 Å². The van der Waals surface area contributed by atoms with Gasteiger partial charge in [0.25, 0.3) is 9.70 Å². The maximum atomic E-state index is 12.8. The molecule has 1 aromatic rings. The number of likely N-dealkylation sites (tertiary alicyclic amines) is 1. The van der Waals surface area contributed by atoms with E-state index in [-0.39, 0.29) is 12.6 Å². The fraction of sp³-hybridized carbons (Fsp3) is 0.438. The molecule has 2 rings (SSSR count). The highest BCUT2D eigenvalue weighted by molar-refractivity contribution is 6.76. The maximum absolute atomic E-state index is 12.8. The average molecular weight is 408 g/mol. The molecular formula is C16H17Cl3N2O4. The molecule has 6 nitrogen and oxygen atoms in total. The van der Waals surface area contributed by atoms with Gasteiger partial charge in [0, 0.05) is 6.54 Å². The molecule has 0 bridgehead atoms. The van der Waals surface area contributed by atoms with Gasteiger partial charge in [0.2, 0.25) is 5.91 Å². The van der Waals surface area contributed by atoms with Crippen LogP contribution in [-0.4, -0.2) is 46.2 Å². The Labute approximate surface area is 160 Å². The summed E-state index contributed by atoms with van der Waals surface area (Å²) in [4.78, 5) is 38.3. The zero-order valence-electron chi connectivity index (χ0n) is 13.5. The molecule has 2 amide bonds. The van der Waals surface area contributed by atoms with Crippen molar-refractivity contribution in [2.24, 2.45) is 5.92 Å². The monoisotopic (exact) mass is 406 g/mol. The first-order valence-corrected chi connectivity index (χ1v) is 8.61. The molecule has 0 unspecified atom stereocenters. The number of esters is 1. The number of rotatable bonds is 4. The highest BCUT2D eigenvalue weighted by atomic mass is 35.6. The second kappa shape index (κ2) is 7.81. The summed E-state index contributed by atoms with van der Waals surface area (Å²) < 4.78 is 2.51. The third kappa shape index (κ3) is 4.37. The minimum absolute atomic E-state index is 0.0897. The number of nitrogens with one attached hydrogen (secondary N) is 1. The van der Waals surface area contributed by atoms with Crippen molar-refractivity contribution in [1.29, 1.82) is 0 Å². The van der Waals surface area contributed by atoms with Gasteiger partial charge in [-0.25, -0.2) is 0 Å². The largest absolute Gasteiger partial charge is 0.469 e. The number of benzene rings is 1. The molecule has 0 aromatic heterocycles. The third-order valence-electron chi connectivity index (χ3n) is 4.14. The maximum Gasteiger partial charge on any atom is 0.313 e. The molecule has 1 heterocycles. The topological polar surface area (TPSA) is 75.7 Å². The van der Waals surface area contributed by atoms with Crippen LogP contribution in [0, 0.1) is 5.92 Å². The first kappa shape index (κ1) is 19.8. The van der Waals surface area contributed by atoms with Gasteiger partial charge in [0.1, 0.15) is 12.0 Å². The summed E-state index contributed by atoms with van der Waals surface area (Å²) in [6.45, 7) is 1.92. The lowest BCUT2D eigenvalue weighted by atomic mass is 10.0. The third-order valence-corrected chi connectivity index (χ3v) is 4.66. The van der Waals surface area contributed by atoms with E-state index < -0.39 is 33.5 Å². The van der Waals surface area contributed by atoms with Crippen molar-refractivity contribution in [3.8, 4) is 0 Å². The molecule has 0 saturated carbocycles. The first-order chi connectivity index (χ1) is 11.7. The molecule has 9 heteroatoms. The van der Waals surface area contributed by atoms with Gasteiger partial charge in [-0.1, -0.05) is 65.1 Å². The van der Waals surface area contributed by atoms with Gasteiger partial charge in [-0.3, -0.25) is 14.4 Å². The van der Waals surface area contributed by atoms with Crippen molar-refractivity contribution in [3.05, 3.63) is 35.9 Å². The van der Waals surface area contributed by atoms with Crippen molar-refractivity contribution >= 4 is 52.6 Å². The van der Waals surface area contributed by atoms with Crippen LogP contribution in [-0.2, 0) is 19.1 Å². The van der Waals surface area contributed by atoms with Crippen molar-refractivity contribution in [2.75, 3.05) is 13.7 Å². The molecular weight excluding hydrogens is 391 g/mol. The number of methoxy groups -OCH3 is 1.